The first kappa shape index (κ1) is 26.1. The maximum absolute atomic E-state index is 14.1. The summed E-state index contributed by atoms with van der Waals surface area (Å²) < 4.78 is 1.10. The summed E-state index contributed by atoms with van der Waals surface area (Å²) in [5.74, 6) is 0.106. The number of nitrogens with one attached hydrogen (secondary N) is 2. The van der Waals surface area contributed by atoms with Crippen LogP contribution < -0.4 is 10.6 Å². The van der Waals surface area contributed by atoms with Gasteiger partial charge < -0.3 is 15.5 Å². The van der Waals surface area contributed by atoms with Crippen molar-refractivity contribution in [2.75, 3.05) is 13.6 Å². The number of thiazole rings is 1. The van der Waals surface area contributed by atoms with Crippen LogP contribution in [0.2, 0.25) is 5.02 Å². The number of amides is 2. The van der Waals surface area contributed by atoms with Crippen molar-refractivity contribution in [1.29, 1.82) is 0 Å². The van der Waals surface area contributed by atoms with Crippen molar-refractivity contribution in [3.8, 4) is 11.1 Å². The largest absolute Gasteiger partial charge is 0.343 e. The fourth-order valence-electron chi connectivity index (χ4n) is 5.72. The molecule has 2 aromatic carbocycles. The quantitative estimate of drug-likeness (QED) is 0.389. The second-order valence-corrected chi connectivity index (χ2v) is 11.8. The average Bonchev–Trinajstić information content (AvgIpc) is 3.58. The molecular weight excluding hydrogens is 504 g/mol. The van der Waals surface area contributed by atoms with Gasteiger partial charge in [0.15, 0.2) is 0 Å². The molecule has 6 nitrogen and oxygen atoms in total. The van der Waals surface area contributed by atoms with Crippen LogP contribution in [-0.4, -0.2) is 47.4 Å². The zero-order valence-corrected chi connectivity index (χ0v) is 23.1. The van der Waals surface area contributed by atoms with Gasteiger partial charge in [-0.05, 0) is 69.3 Å². The van der Waals surface area contributed by atoms with E-state index in [0.717, 1.165) is 64.9 Å². The van der Waals surface area contributed by atoms with E-state index in [1.165, 1.54) is 6.42 Å². The Kier molecular flexibility index (Phi) is 8.12. The summed E-state index contributed by atoms with van der Waals surface area (Å²) in [7, 11) is 1.77. The zero-order valence-electron chi connectivity index (χ0n) is 21.5. The van der Waals surface area contributed by atoms with Gasteiger partial charge in [-0.1, -0.05) is 55.1 Å². The maximum Gasteiger partial charge on any atom is 0.246 e. The number of carbonyl (C=O) groups is 2. The molecule has 196 valence electrons. The molecule has 2 N–H and O–H groups in total. The topological polar surface area (TPSA) is 74.3 Å². The van der Waals surface area contributed by atoms with Gasteiger partial charge in [-0.2, -0.15) is 0 Å². The lowest BCUT2D eigenvalue weighted by Crippen LogP contribution is -2.55. The summed E-state index contributed by atoms with van der Waals surface area (Å²) in [4.78, 5) is 34.0. The fraction of sp³-hybridized carbons (Fsp3) is 0.483. The van der Waals surface area contributed by atoms with E-state index < -0.39 is 6.04 Å². The van der Waals surface area contributed by atoms with Crippen molar-refractivity contribution in [2.24, 2.45) is 5.92 Å². The Balaban J connectivity index is 1.44. The number of hydrogen-bond donors (Lipinski definition) is 2. The van der Waals surface area contributed by atoms with E-state index in [2.05, 4.69) is 34.9 Å². The number of aromatic nitrogens is 1. The highest BCUT2D eigenvalue weighted by Crippen LogP contribution is 2.40. The number of likely N-dealkylation sites (N-methyl/N-ethyl adjacent to an activating group) is 1. The van der Waals surface area contributed by atoms with Crippen LogP contribution >= 0.6 is 22.9 Å². The smallest absolute Gasteiger partial charge is 0.246 e. The third-order valence-electron chi connectivity index (χ3n) is 7.90. The molecule has 2 heterocycles. The fourth-order valence-corrected chi connectivity index (χ4v) is 7.05. The number of hydrogen-bond acceptors (Lipinski definition) is 5. The number of likely N-dealkylation sites (tertiary alicyclic amines) is 1. The van der Waals surface area contributed by atoms with Crippen molar-refractivity contribution in [3.63, 3.8) is 0 Å². The number of nitrogens with zero attached hydrogens (tertiary/aromatic N) is 2. The number of carbonyl (C=O) groups excluding carboxylic acids is 2. The van der Waals surface area contributed by atoms with Gasteiger partial charge in [-0.15, -0.1) is 11.3 Å². The van der Waals surface area contributed by atoms with Crippen molar-refractivity contribution in [2.45, 2.75) is 70.0 Å². The summed E-state index contributed by atoms with van der Waals surface area (Å²) in [5.41, 5.74) is 3.03. The Morgan fingerprint density at radius 1 is 1.08 bits per heavy atom. The first-order chi connectivity index (χ1) is 18.0. The lowest BCUT2D eigenvalue weighted by Gasteiger charge is -2.35. The Morgan fingerprint density at radius 3 is 2.62 bits per heavy atom. The first-order valence-electron chi connectivity index (χ1n) is 13.4. The van der Waals surface area contributed by atoms with E-state index in [0.29, 0.717) is 11.6 Å². The molecular formula is C29H35ClN4O2S. The number of halogens is 1. The molecule has 1 saturated heterocycles. The average molecular weight is 539 g/mol. The van der Waals surface area contributed by atoms with E-state index in [4.69, 9.17) is 16.6 Å². The highest BCUT2D eigenvalue weighted by molar-refractivity contribution is 7.18. The summed E-state index contributed by atoms with van der Waals surface area (Å²) in [5, 5.41) is 7.79. The lowest BCUT2D eigenvalue weighted by molar-refractivity contribution is -0.139. The van der Waals surface area contributed by atoms with Crippen LogP contribution in [0.1, 0.15) is 62.9 Å². The van der Waals surface area contributed by atoms with Gasteiger partial charge in [-0.25, -0.2) is 4.98 Å². The van der Waals surface area contributed by atoms with Gasteiger partial charge in [0, 0.05) is 17.1 Å². The molecule has 3 aromatic rings. The van der Waals surface area contributed by atoms with Gasteiger partial charge in [0.1, 0.15) is 11.0 Å². The van der Waals surface area contributed by atoms with Gasteiger partial charge in [-0.3, -0.25) is 9.59 Å². The third kappa shape index (κ3) is 5.54. The highest BCUT2D eigenvalue weighted by Gasteiger charge is 2.40. The van der Waals surface area contributed by atoms with Gasteiger partial charge in [0.2, 0.25) is 11.8 Å². The molecule has 1 aromatic heterocycles. The molecule has 0 spiro atoms. The van der Waals surface area contributed by atoms with Crippen LogP contribution in [0.5, 0.6) is 0 Å². The molecule has 37 heavy (non-hydrogen) atoms. The number of para-hydroxylation sites is 1. The van der Waals surface area contributed by atoms with E-state index in [-0.39, 0.29) is 29.8 Å². The molecule has 5 rings (SSSR count). The van der Waals surface area contributed by atoms with Crippen LogP contribution in [0.25, 0.3) is 21.3 Å². The second-order valence-electron chi connectivity index (χ2n) is 10.3. The van der Waals surface area contributed by atoms with Gasteiger partial charge in [0.05, 0.1) is 22.3 Å². The maximum atomic E-state index is 14.1. The predicted octanol–water partition coefficient (Wildman–Crippen LogP) is 5.95. The number of fused-ring (bicyclic) bond motifs is 1. The Labute approximate surface area is 227 Å². The minimum absolute atomic E-state index is 0.0420. The molecule has 0 radical (unpaired) electrons. The van der Waals surface area contributed by atoms with Gasteiger partial charge in [0.25, 0.3) is 0 Å². The second kappa shape index (κ2) is 11.5. The van der Waals surface area contributed by atoms with Crippen LogP contribution in [0.3, 0.4) is 0 Å². The summed E-state index contributed by atoms with van der Waals surface area (Å²) in [6, 6.07) is 13.2. The molecule has 1 saturated carbocycles. The lowest BCUT2D eigenvalue weighted by atomic mass is 9.83. The van der Waals surface area contributed by atoms with Crippen molar-refractivity contribution in [1.82, 2.24) is 20.5 Å². The molecule has 2 amide bonds. The van der Waals surface area contributed by atoms with E-state index in [1.807, 2.05) is 30.0 Å². The molecule has 3 atom stereocenters. The standard InChI is InChI=1S/C29H35ClN4O2S/c1-18(31-2)27(35)32-25(19-9-4-3-5-10-19)29(36)34-16-8-14-23(34)28-33-26-22(13-7-15-24(26)37-28)20-11-6-12-21(30)17-20/h6-7,11-13,15,17-19,23,25,31H,3-5,8-10,14,16H2,1-2H3,(H,32,35). The minimum Gasteiger partial charge on any atom is -0.343 e. The van der Waals surface area contributed by atoms with Gasteiger partial charge >= 0.3 is 0 Å². The van der Waals surface area contributed by atoms with Crippen molar-refractivity contribution >= 4 is 45.0 Å². The molecule has 1 aliphatic carbocycles. The molecule has 8 heteroatoms. The van der Waals surface area contributed by atoms with Crippen LogP contribution in [0.15, 0.2) is 42.5 Å². The summed E-state index contributed by atoms with van der Waals surface area (Å²) in [6.45, 7) is 2.52. The Morgan fingerprint density at radius 2 is 1.86 bits per heavy atom. The normalized spacial score (nSPS) is 20.2. The van der Waals surface area contributed by atoms with Crippen LogP contribution in [0.4, 0.5) is 0 Å². The predicted molar refractivity (Wildman–Crippen MR) is 151 cm³/mol. The minimum atomic E-state index is -0.486. The monoisotopic (exact) mass is 538 g/mol. The highest BCUT2D eigenvalue weighted by atomic mass is 35.5. The van der Waals surface area contributed by atoms with E-state index in [1.54, 1.807) is 18.4 Å². The SMILES string of the molecule is CNC(C)C(=O)NC(C(=O)N1CCCC1c1nc2c(-c3cccc(Cl)c3)cccc2s1)C1CCCCC1. The molecule has 0 bridgehead atoms. The Hall–Kier alpha value is -2.48. The first-order valence-corrected chi connectivity index (χ1v) is 14.6. The summed E-state index contributed by atoms with van der Waals surface area (Å²) in [6.07, 6.45) is 7.20. The molecule has 2 aliphatic rings. The number of benzene rings is 2. The summed E-state index contributed by atoms with van der Waals surface area (Å²) >= 11 is 7.93. The third-order valence-corrected chi connectivity index (χ3v) is 9.26. The molecule has 1 aliphatic heterocycles. The van der Waals surface area contributed by atoms with Crippen LogP contribution in [0, 0.1) is 5.92 Å². The molecule has 2 fully saturated rings. The van der Waals surface area contributed by atoms with Crippen molar-refractivity contribution < 1.29 is 9.59 Å². The number of rotatable bonds is 7. The Bertz CT molecular complexity index is 1270. The molecule has 3 unspecified atom stereocenters. The van der Waals surface area contributed by atoms with E-state index >= 15 is 0 Å². The van der Waals surface area contributed by atoms with E-state index in [9.17, 15) is 9.59 Å². The van der Waals surface area contributed by atoms with Crippen LogP contribution in [-0.2, 0) is 9.59 Å². The van der Waals surface area contributed by atoms with Crippen molar-refractivity contribution in [3.05, 3.63) is 52.5 Å². The zero-order chi connectivity index (χ0) is 25.9.